The molecule has 0 saturated carbocycles. The molecular weight excluding hydrogens is 300 g/mol. The Morgan fingerprint density at radius 2 is 2.25 bits per heavy atom. The van der Waals surface area contributed by atoms with Gasteiger partial charge in [-0.15, -0.1) is 0 Å². The zero-order valence-corrected chi connectivity index (χ0v) is 12.6. The van der Waals surface area contributed by atoms with Gasteiger partial charge in [0.25, 0.3) is 0 Å². The minimum absolute atomic E-state index is 0.0224. The fourth-order valence-corrected chi connectivity index (χ4v) is 2.85. The van der Waals surface area contributed by atoms with E-state index in [0.717, 1.165) is 18.2 Å². The standard InChI is InChI=1S/C12H16N2O4S2/c1-19-6-2-5-14-20(17,18)11-7-10(8-13-9-11)3-4-12(15)16/h3-4,7-9,14H,2,5-6H2,1H3,(H,15,16). The van der Waals surface area contributed by atoms with E-state index in [9.17, 15) is 13.2 Å². The molecule has 0 radical (unpaired) electrons. The Morgan fingerprint density at radius 1 is 1.50 bits per heavy atom. The molecule has 0 aliphatic carbocycles. The Morgan fingerprint density at radius 3 is 2.90 bits per heavy atom. The minimum atomic E-state index is -3.60. The molecule has 0 unspecified atom stereocenters. The number of sulfonamides is 1. The molecule has 2 N–H and O–H groups in total. The lowest BCUT2D eigenvalue weighted by atomic mass is 10.2. The maximum Gasteiger partial charge on any atom is 0.328 e. The van der Waals surface area contributed by atoms with Gasteiger partial charge in [-0.2, -0.15) is 11.8 Å². The number of nitrogens with one attached hydrogen (secondary N) is 1. The first kappa shape index (κ1) is 16.7. The third-order valence-corrected chi connectivity index (χ3v) is 4.41. The summed E-state index contributed by atoms with van der Waals surface area (Å²) in [4.78, 5) is 14.2. The highest BCUT2D eigenvalue weighted by atomic mass is 32.2. The molecular formula is C12H16N2O4S2. The summed E-state index contributed by atoms with van der Waals surface area (Å²) in [5, 5.41) is 8.53. The summed E-state index contributed by atoms with van der Waals surface area (Å²) < 4.78 is 26.5. The van der Waals surface area contributed by atoms with Crippen molar-refractivity contribution in [1.82, 2.24) is 9.71 Å². The lowest BCUT2D eigenvalue weighted by molar-refractivity contribution is -0.131. The second-order valence-corrected chi connectivity index (χ2v) is 6.62. The van der Waals surface area contributed by atoms with Gasteiger partial charge in [-0.05, 0) is 36.1 Å². The number of aromatic nitrogens is 1. The molecule has 0 fully saturated rings. The number of rotatable bonds is 8. The molecule has 110 valence electrons. The SMILES string of the molecule is CSCCCNS(=O)(=O)c1cncc(C=CC(=O)O)c1. The van der Waals surface area contributed by atoms with Crippen LogP contribution in [0.25, 0.3) is 6.08 Å². The Balaban J connectivity index is 2.79. The summed E-state index contributed by atoms with van der Waals surface area (Å²) in [5.74, 6) is -0.226. The third-order valence-electron chi connectivity index (χ3n) is 2.28. The molecule has 0 aliphatic heterocycles. The van der Waals surface area contributed by atoms with E-state index in [2.05, 4.69) is 9.71 Å². The zero-order valence-electron chi connectivity index (χ0n) is 10.9. The van der Waals surface area contributed by atoms with Crippen molar-refractivity contribution in [2.24, 2.45) is 0 Å². The van der Waals surface area contributed by atoms with Crippen LogP contribution in [0.4, 0.5) is 0 Å². The van der Waals surface area contributed by atoms with E-state index in [1.165, 1.54) is 24.5 Å². The highest BCUT2D eigenvalue weighted by molar-refractivity contribution is 7.98. The average Bonchev–Trinajstić information content (AvgIpc) is 2.42. The highest BCUT2D eigenvalue weighted by Crippen LogP contribution is 2.11. The van der Waals surface area contributed by atoms with Gasteiger partial charge < -0.3 is 5.11 Å². The van der Waals surface area contributed by atoms with Gasteiger partial charge in [-0.25, -0.2) is 17.9 Å². The number of carbonyl (C=O) groups is 1. The molecule has 1 aromatic rings. The number of carboxylic acids is 1. The fraction of sp³-hybridized carbons (Fsp3) is 0.333. The molecule has 0 spiro atoms. The first-order valence-corrected chi connectivity index (χ1v) is 8.68. The van der Waals surface area contributed by atoms with Crippen LogP contribution >= 0.6 is 11.8 Å². The summed E-state index contributed by atoms with van der Waals surface area (Å²) in [7, 11) is -3.60. The predicted octanol–water partition coefficient (Wildman–Crippen LogP) is 1.21. The van der Waals surface area contributed by atoms with E-state index < -0.39 is 16.0 Å². The Hall–Kier alpha value is -1.38. The number of hydrogen-bond donors (Lipinski definition) is 2. The van der Waals surface area contributed by atoms with Gasteiger partial charge in [0.15, 0.2) is 0 Å². The van der Waals surface area contributed by atoms with E-state index in [1.807, 2.05) is 6.26 Å². The lowest BCUT2D eigenvalue weighted by Crippen LogP contribution is -2.25. The number of carboxylic acid groups (broad SMARTS) is 1. The van der Waals surface area contributed by atoms with Gasteiger partial charge in [-0.1, -0.05) is 0 Å². The van der Waals surface area contributed by atoms with E-state index in [4.69, 9.17) is 5.11 Å². The number of nitrogens with zero attached hydrogens (tertiary/aromatic N) is 1. The van der Waals surface area contributed by atoms with Gasteiger partial charge in [0.2, 0.25) is 10.0 Å². The van der Waals surface area contributed by atoms with Gasteiger partial charge >= 0.3 is 5.97 Å². The molecule has 1 rings (SSSR count). The van der Waals surface area contributed by atoms with Crippen molar-refractivity contribution in [2.45, 2.75) is 11.3 Å². The number of hydrogen-bond acceptors (Lipinski definition) is 5. The molecule has 1 aromatic heterocycles. The Labute approximate surface area is 122 Å². The number of aliphatic carboxylic acids is 1. The monoisotopic (exact) mass is 316 g/mol. The topological polar surface area (TPSA) is 96.4 Å². The van der Waals surface area contributed by atoms with E-state index >= 15 is 0 Å². The molecule has 1 heterocycles. The van der Waals surface area contributed by atoms with Gasteiger partial charge in [0.05, 0.1) is 0 Å². The van der Waals surface area contributed by atoms with Crippen LogP contribution in [0.15, 0.2) is 29.4 Å². The Kier molecular flexibility index (Phi) is 6.69. The van der Waals surface area contributed by atoms with Crippen molar-refractivity contribution in [3.63, 3.8) is 0 Å². The molecule has 0 aromatic carbocycles. The smallest absolute Gasteiger partial charge is 0.328 e. The van der Waals surface area contributed by atoms with Crippen molar-refractivity contribution >= 4 is 33.8 Å². The van der Waals surface area contributed by atoms with Crippen LogP contribution < -0.4 is 4.72 Å². The lowest BCUT2D eigenvalue weighted by Gasteiger charge is -2.06. The van der Waals surface area contributed by atoms with E-state index in [0.29, 0.717) is 12.1 Å². The first-order valence-electron chi connectivity index (χ1n) is 5.80. The first-order chi connectivity index (χ1) is 9.45. The zero-order chi connectivity index (χ0) is 15.0. The maximum absolute atomic E-state index is 12.0. The van der Waals surface area contributed by atoms with Crippen LogP contribution in [-0.2, 0) is 14.8 Å². The highest BCUT2D eigenvalue weighted by Gasteiger charge is 2.13. The molecule has 6 nitrogen and oxygen atoms in total. The van der Waals surface area contributed by atoms with Crippen LogP contribution in [0, 0.1) is 0 Å². The van der Waals surface area contributed by atoms with E-state index in [1.54, 1.807) is 11.8 Å². The number of thioether (sulfide) groups is 1. The second-order valence-electron chi connectivity index (χ2n) is 3.87. The van der Waals surface area contributed by atoms with Crippen molar-refractivity contribution < 1.29 is 18.3 Å². The minimum Gasteiger partial charge on any atom is -0.478 e. The van der Waals surface area contributed by atoms with Crippen LogP contribution in [-0.4, -0.2) is 43.0 Å². The van der Waals surface area contributed by atoms with Crippen LogP contribution in [0.1, 0.15) is 12.0 Å². The molecule has 0 saturated heterocycles. The number of pyridine rings is 1. The van der Waals surface area contributed by atoms with Crippen LogP contribution in [0.3, 0.4) is 0 Å². The summed E-state index contributed by atoms with van der Waals surface area (Å²) in [6, 6.07) is 1.38. The molecule has 20 heavy (non-hydrogen) atoms. The Bertz CT molecular complexity index is 585. The summed E-state index contributed by atoms with van der Waals surface area (Å²) >= 11 is 1.65. The second kappa shape index (κ2) is 8.03. The molecule has 8 heteroatoms. The van der Waals surface area contributed by atoms with Gasteiger partial charge in [0.1, 0.15) is 4.90 Å². The van der Waals surface area contributed by atoms with Crippen LogP contribution in [0.2, 0.25) is 0 Å². The van der Waals surface area contributed by atoms with Crippen molar-refractivity contribution in [2.75, 3.05) is 18.6 Å². The summed E-state index contributed by atoms with van der Waals surface area (Å²) in [6.07, 6.45) is 7.55. The predicted molar refractivity (Wildman–Crippen MR) is 79.1 cm³/mol. The van der Waals surface area contributed by atoms with Crippen molar-refractivity contribution in [1.29, 1.82) is 0 Å². The van der Waals surface area contributed by atoms with Gasteiger partial charge in [0, 0.05) is 25.0 Å². The van der Waals surface area contributed by atoms with Crippen molar-refractivity contribution in [3.8, 4) is 0 Å². The summed E-state index contributed by atoms with van der Waals surface area (Å²) in [5.41, 5.74) is 0.416. The third kappa shape index (κ3) is 5.72. The average molecular weight is 316 g/mol. The molecule has 0 amide bonds. The maximum atomic E-state index is 12.0. The normalized spacial score (nSPS) is 11.8. The quantitative estimate of drug-likeness (QED) is 0.553. The van der Waals surface area contributed by atoms with E-state index in [-0.39, 0.29) is 4.90 Å². The molecule has 0 bridgehead atoms. The fourth-order valence-electron chi connectivity index (χ4n) is 1.35. The van der Waals surface area contributed by atoms with Crippen LogP contribution in [0.5, 0.6) is 0 Å². The summed E-state index contributed by atoms with van der Waals surface area (Å²) in [6.45, 7) is 0.359. The van der Waals surface area contributed by atoms with Gasteiger partial charge in [-0.3, -0.25) is 4.98 Å². The molecule has 0 atom stereocenters. The largest absolute Gasteiger partial charge is 0.478 e. The van der Waals surface area contributed by atoms with Crippen molar-refractivity contribution in [3.05, 3.63) is 30.1 Å². The molecule has 0 aliphatic rings.